The summed E-state index contributed by atoms with van der Waals surface area (Å²) in [4.78, 5) is 12.3. The van der Waals surface area contributed by atoms with E-state index in [2.05, 4.69) is 10.5 Å². The highest BCUT2D eigenvalue weighted by Gasteiger charge is 2.08. The van der Waals surface area contributed by atoms with Gasteiger partial charge in [-0.3, -0.25) is 4.79 Å². The monoisotopic (exact) mass is 486 g/mol. The number of carbonyl (C=O) groups excluding carboxylic acids is 1. The lowest BCUT2D eigenvalue weighted by molar-refractivity contribution is 0.0955. The first-order valence-electron chi connectivity index (χ1n) is 10.4. The van der Waals surface area contributed by atoms with Crippen molar-refractivity contribution in [3.8, 4) is 17.2 Å². The van der Waals surface area contributed by atoms with Gasteiger partial charge in [0.25, 0.3) is 5.91 Å². The molecule has 0 bridgehead atoms. The molecule has 0 aliphatic rings. The van der Waals surface area contributed by atoms with Crippen molar-refractivity contribution in [2.45, 2.75) is 20.5 Å². The molecule has 172 valence electrons. The SMILES string of the molecule is CCOc1ccc(C(=O)N/N=C\c2ccc(OCc3ccc(Cl)c(Cl)c3)c(OCC)c2)cc1. The highest BCUT2D eigenvalue weighted by Crippen LogP contribution is 2.30. The molecule has 0 spiro atoms. The first kappa shape index (κ1) is 24.4. The zero-order valence-corrected chi connectivity index (χ0v) is 19.8. The van der Waals surface area contributed by atoms with Gasteiger partial charge in [-0.1, -0.05) is 29.3 Å². The molecular weight excluding hydrogens is 463 g/mol. The van der Waals surface area contributed by atoms with Crippen molar-refractivity contribution in [1.82, 2.24) is 5.43 Å². The molecule has 0 aliphatic carbocycles. The molecule has 33 heavy (non-hydrogen) atoms. The maximum atomic E-state index is 12.3. The average Bonchev–Trinajstić information content (AvgIpc) is 2.81. The Hall–Kier alpha value is -3.22. The largest absolute Gasteiger partial charge is 0.494 e. The van der Waals surface area contributed by atoms with Crippen LogP contribution in [0.2, 0.25) is 10.0 Å². The number of hydrogen-bond acceptors (Lipinski definition) is 5. The third-order valence-corrected chi connectivity index (χ3v) is 5.19. The second-order valence-electron chi connectivity index (χ2n) is 6.83. The summed E-state index contributed by atoms with van der Waals surface area (Å²) in [7, 11) is 0. The van der Waals surface area contributed by atoms with Gasteiger partial charge in [-0.25, -0.2) is 5.43 Å². The molecule has 0 saturated carbocycles. The summed E-state index contributed by atoms with van der Waals surface area (Å²) in [6, 6.07) is 17.6. The number of nitrogens with one attached hydrogen (secondary N) is 1. The molecule has 3 aromatic rings. The van der Waals surface area contributed by atoms with Gasteiger partial charge in [0.15, 0.2) is 11.5 Å². The summed E-state index contributed by atoms with van der Waals surface area (Å²) in [5.74, 6) is 1.54. The van der Waals surface area contributed by atoms with Crippen LogP contribution in [-0.4, -0.2) is 25.3 Å². The van der Waals surface area contributed by atoms with Crippen molar-refractivity contribution in [2.75, 3.05) is 13.2 Å². The molecule has 0 aliphatic heterocycles. The number of hydrogen-bond donors (Lipinski definition) is 1. The number of carbonyl (C=O) groups is 1. The van der Waals surface area contributed by atoms with Gasteiger partial charge in [-0.2, -0.15) is 5.10 Å². The van der Waals surface area contributed by atoms with Gasteiger partial charge in [0, 0.05) is 5.56 Å². The molecule has 1 amide bonds. The van der Waals surface area contributed by atoms with Crippen LogP contribution in [0.3, 0.4) is 0 Å². The van der Waals surface area contributed by atoms with E-state index in [1.54, 1.807) is 48.5 Å². The number of ether oxygens (including phenoxy) is 3. The zero-order chi connectivity index (χ0) is 23.6. The molecule has 8 heteroatoms. The Morgan fingerprint density at radius 3 is 2.33 bits per heavy atom. The Morgan fingerprint density at radius 1 is 0.879 bits per heavy atom. The number of amides is 1. The van der Waals surface area contributed by atoms with Crippen LogP contribution in [0.5, 0.6) is 17.2 Å². The second kappa shape index (κ2) is 12.1. The number of hydrazone groups is 1. The molecule has 0 unspecified atom stereocenters. The van der Waals surface area contributed by atoms with Crippen LogP contribution in [0.4, 0.5) is 0 Å². The summed E-state index contributed by atoms with van der Waals surface area (Å²) < 4.78 is 17.0. The molecule has 1 N–H and O–H groups in total. The van der Waals surface area contributed by atoms with Gasteiger partial charge >= 0.3 is 0 Å². The minimum Gasteiger partial charge on any atom is -0.494 e. The van der Waals surface area contributed by atoms with Gasteiger partial charge in [0.1, 0.15) is 12.4 Å². The van der Waals surface area contributed by atoms with Gasteiger partial charge in [0.05, 0.1) is 29.5 Å². The molecule has 3 aromatic carbocycles. The maximum absolute atomic E-state index is 12.3. The van der Waals surface area contributed by atoms with Crippen molar-refractivity contribution >= 4 is 35.3 Å². The van der Waals surface area contributed by atoms with Gasteiger partial charge in [0.2, 0.25) is 0 Å². The van der Waals surface area contributed by atoms with Crippen molar-refractivity contribution in [2.24, 2.45) is 5.10 Å². The van der Waals surface area contributed by atoms with Crippen LogP contribution >= 0.6 is 23.2 Å². The number of benzene rings is 3. The minimum atomic E-state index is -0.319. The van der Waals surface area contributed by atoms with Crippen LogP contribution in [0.25, 0.3) is 0 Å². The van der Waals surface area contributed by atoms with E-state index in [0.29, 0.717) is 52.7 Å². The van der Waals surface area contributed by atoms with Crippen LogP contribution in [0.15, 0.2) is 65.8 Å². The molecule has 0 radical (unpaired) electrons. The first-order chi connectivity index (χ1) is 16.0. The van der Waals surface area contributed by atoms with Crippen LogP contribution in [-0.2, 0) is 6.61 Å². The van der Waals surface area contributed by atoms with Crippen molar-refractivity contribution < 1.29 is 19.0 Å². The molecule has 6 nitrogen and oxygen atoms in total. The van der Waals surface area contributed by atoms with Crippen LogP contribution in [0.1, 0.15) is 35.3 Å². The molecule has 0 saturated heterocycles. The smallest absolute Gasteiger partial charge is 0.271 e. The van der Waals surface area contributed by atoms with Crippen molar-refractivity contribution in [3.05, 3.63) is 87.4 Å². The lowest BCUT2D eigenvalue weighted by atomic mass is 10.2. The van der Waals surface area contributed by atoms with Crippen molar-refractivity contribution in [1.29, 1.82) is 0 Å². The van der Waals surface area contributed by atoms with Gasteiger partial charge in [-0.05, 0) is 79.6 Å². The molecular formula is C25H24Cl2N2O4. The highest BCUT2D eigenvalue weighted by molar-refractivity contribution is 6.42. The highest BCUT2D eigenvalue weighted by atomic mass is 35.5. The molecule has 0 aromatic heterocycles. The lowest BCUT2D eigenvalue weighted by Gasteiger charge is -2.13. The maximum Gasteiger partial charge on any atom is 0.271 e. The molecule has 0 atom stereocenters. The summed E-state index contributed by atoms with van der Waals surface area (Å²) in [5, 5.41) is 5.01. The lowest BCUT2D eigenvalue weighted by Crippen LogP contribution is -2.17. The Morgan fingerprint density at radius 2 is 1.64 bits per heavy atom. The van der Waals surface area contributed by atoms with E-state index >= 15 is 0 Å². The van der Waals surface area contributed by atoms with Crippen molar-refractivity contribution in [3.63, 3.8) is 0 Å². The molecule has 3 rings (SSSR count). The Labute approximate surface area is 203 Å². The third kappa shape index (κ3) is 7.14. The molecule has 0 fully saturated rings. The van der Waals surface area contributed by atoms with E-state index in [1.165, 1.54) is 6.21 Å². The van der Waals surface area contributed by atoms with Gasteiger partial charge < -0.3 is 14.2 Å². The fraction of sp³-hybridized carbons (Fsp3) is 0.200. The van der Waals surface area contributed by atoms with Gasteiger partial charge in [-0.15, -0.1) is 0 Å². The standard InChI is InChI=1S/C25H24Cl2N2O4/c1-3-31-20-9-7-19(8-10-20)25(30)29-28-15-17-6-12-23(24(14-17)32-4-2)33-16-18-5-11-21(26)22(27)13-18/h5-15H,3-4,16H2,1-2H3,(H,29,30)/b28-15-. The fourth-order valence-corrected chi connectivity index (χ4v) is 3.20. The average molecular weight is 487 g/mol. The minimum absolute atomic E-state index is 0.308. The number of halogens is 2. The van der Waals surface area contributed by atoms with E-state index in [1.807, 2.05) is 26.0 Å². The van der Waals surface area contributed by atoms with E-state index in [4.69, 9.17) is 37.4 Å². The van der Waals surface area contributed by atoms with E-state index in [0.717, 1.165) is 11.1 Å². The predicted octanol–water partition coefficient (Wildman–Crippen LogP) is 6.13. The normalized spacial score (nSPS) is 10.8. The number of nitrogens with zero attached hydrogens (tertiary/aromatic N) is 1. The Balaban J connectivity index is 1.63. The Bertz CT molecular complexity index is 1120. The predicted molar refractivity (Wildman–Crippen MR) is 131 cm³/mol. The first-order valence-corrected chi connectivity index (χ1v) is 11.2. The van der Waals surface area contributed by atoms with Crippen LogP contribution < -0.4 is 19.6 Å². The van der Waals surface area contributed by atoms with Crippen LogP contribution in [0, 0.1) is 0 Å². The quantitative estimate of drug-likeness (QED) is 0.276. The third-order valence-electron chi connectivity index (χ3n) is 4.45. The summed E-state index contributed by atoms with van der Waals surface area (Å²) in [6.45, 7) is 5.14. The number of rotatable bonds is 10. The Kier molecular flexibility index (Phi) is 8.98. The second-order valence-corrected chi connectivity index (χ2v) is 7.65. The summed E-state index contributed by atoms with van der Waals surface area (Å²) >= 11 is 12.0. The summed E-state index contributed by atoms with van der Waals surface area (Å²) in [6.07, 6.45) is 1.54. The van der Waals surface area contributed by atoms with E-state index in [-0.39, 0.29) is 5.91 Å². The van der Waals surface area contributed by atoms with E-state index < -0.39 is 0 Å². The molecule has 0 heterocycles. The zero-order valence-electron chi connectivity index (χ0n) is 18.3. The topological polar surface area (TPSA) is 69.2 Å². The van der Waals surface area contributed by atoms with E-state index in [9.17, 15) is 4.79 Å². The summed E-state index contributed by atoms with van der Waals surface area (Å²) in [5.41, 5.74) is 4.63. The fourth-order valence-electron chi connectivity index (χ4n) is 2.88.